The number of rotatable bonds is 6. The molecule has 0 amide bonds. The second kappa shape index (κ2) is 7.20. The molecule has 0 aromatic rings. The van der Waals surface area contributed by atoms with Crippen molar-refractivity contribution in [2.45, 2.75) is 20.8 Å². The Kier molecular flexibility index (Phi) is 6.22. The summed E-state index contributed by atoms with van der Waals surface area (Å²) in [6.07, 6.45) is 0. The van der Waals surface area contributed by atoms with Crippen molar-refractivity contribution in [1.29, 1.82) is 0 Å². The first kappa shape index (κ1) is 12.9. The van der Waals surface area contributed by atoms with Crippen molar-refractivity contribution in [3.63, 3.8) is 0 Å². The fraction of sp³-hybridized carbons (Fsp3) is 1.00. The first-order chi connectivity index (χ1) is 7.22. The summed E-state index contributed by atoms with van der Waals surface area (Å²) in [5.41, 5.74) is 0. The van der Waals surface area contributed by atoms with E-state index in [1.54, 1.807) is 0 Å². The van der Waals surface area contributed by atoms with Crippen molar-refractivity contribution in [3.8, 4) is 0 Å². The van der Waals surface area contributed by atoms with Gasteiger partial charge in [0.1, 0.15) is 0 Å². The molecule has 1 rings (SSSR count). The summed E-state index contributed by atoms with van der Waals surface area (Å²) >= 11 is 0. The molecule has 1 heterocycles. The van der Waals surface area contributed by atoms with Crippen LogP contribution in [0.25, 0.3) is 0 Å². The zero-order valence-corrected chi connectivity index (χ0v) is 10.6. The molecule has 0 aromatic heterocycles. The monoisotopic (exact) mass is 213 g/mol. The van der Waals surface area contributed by atoms with E-state index in [2.05, 4.69) is 35.9 Å². The van der Waals surface area contributed by atoms with Gasteiger partial charge in [0.2, 0.25) is 0 Å². The van der Waals surface area contributed by atoms with Crippen molar-refractivity contribution in [1.82, 2.24) is 15.1 Å². The van der Waals surface area contributed by atoms with E-state index in [9.17, 15) is 0 Å². The van der Waals surface area contributed by atoms with E-state index in [0.717, 1.165) is 19.0 Å². The molecule has 3 heteroatoms. The highest BCUT2D eigenvalue weighted by Gasteiger charge is 2.14. The normalized spacial score (nSPS) is 20.0. The summed E-state index contributed by atoms with van der Waals surface area (Å²) < 4.78 is 0. The maximum absolute atomic E-state index is 3.50. The molecule has 1 saturated heterocycles. The molecule has 0 atom stereocenters. The maximum atomic E-state index is 3.50. The number of nitrogens with zero attached hydrogens (tertiary/aromatic N) is 2. The third kappa shape index (κ3) is 5.50. The number of hydrogen-bond donors (Lipinski definition) is 1. The van der Waals surface area contributed by atoms with Gasteiger partial charge < -0.3 is 10.2 Å². The van der Waals surface area contributed by atoms with E-state index in [1.807, 2.05) is 0 Å². The fourth-order valence-electron chi connectivity index (χ4n) is 1.96. The lowest BCUT2D eigenvalue weighted by Crippen LogP contribution is -2.48. The number of hydrogen-bond acceptors (Lipinski definition) is 3. The van der Waals surface area contributed by atoms with E-state index in [1.165, 1.54) is 39.3 Å². The van der Waals surface area contributed by atoms with Gasteiger partial charge in [-0.25, -0.2) is 0 Å². The van der Waals surface area contributed by atoms with Crippen LogP contribution in [-0.2, 0) is 0 Å². The van der Waals surface area contributed by atoms with Gasteiger partial charge in [0.25, 0.3) is 0 Å². The molecule has 0 aromatic carbocycles. The molecule has 1 fully saturated rings. The van der Waals surface area contributed by atoms with Gasteiger partial charge in [-0.05, 0) is 19.0 Å². The number of piperazine rings is 1. The minimum Gasteiger partial charge on any atom is -0.315 e. The van der Waals surface area contributed by atoms with Crippen molar-refractivity contribution < 1.29 is 0 Å². The average molecular weight is 213 g/mol. The molecule has 0 bridgehead atoms. The first-order valence-electron chi connectivity index (χ1n) is 6.37. The lowest BCUT2D eigenvalue weighted by atomic mass is 10.2. The largest absolute Gasteiger partial charge is 0.315 e. The highest BCUT2D eigenvalue weighted by Crippen LogP contribution is 1.99. The minimum absolute atomic E-state index is 0.766. The summed E-state index contributed by atoms with van der Waals surface area (Å²) in [5.74, 6) is 0.766. The van der Waals surface area contributed by atoms with Crippen LogP contribution in [0, 0.1) is 5.92 Å². The molecule has 0 aliphatic carbocycles. The highest BCUT2D eigenvalue weighted by molar-refractivity contribution is 4.71. The quantitative estimate of drug-likeness (QED) is 0.661. The Morgan fingerprint density at radius 1 is 1.07 bits per heavy atom. The van der Waals surface area contributed by atoms with Gasteiger partial charge in [0.15, 0.2) is 0 Å². The van der Waals surface area contributed by atoms with E-state index < -0.39 is 0 Å². The minimum atomic E-state index is 0.766. The lowest BCUT2D eigenvalue weighted by molar-refractivity contribution is 0.138. The molecule has 3 nitrogen and oxygen atoms in total. The van der Waals surface area contributed by atoms with Crippen LogP contribution in [0.1, 0.15) is 20.8 Å². The average Bonchev–Trinajstić information content (AvgIpc) is 2.25. The van der Waals surface area contributed by atoms with E-state index in [-0.39, 0.29) is 0 Å². The Hall–Kier alpha value is -0.120. The van der Waals surface area contributed by atoms with Crippen LogP contribution in [0.5, 0.6) is 0 Å². The van der Waals surface area contributed by atoms with Gasteiger partial charge in [0.05, 0.1) is 0 Å². The van der Waals surface area contributed by atoms with Crippen molar-refractivity contribution in [2.75, 3.05) is 52.4 Å². The molecule has 0 spiro atoms. The predicted molar refractivity (Wildman–Crippen MR) is 66.3 cm³/mol. The molecule has 1 aliphatic heterocycles. The van der Waals surface area contributed by atoms with Gasteiger partial charge in [-0.3, -0.25) is 4.90 Å². The van der Waals surface area contributed by atoms with Gasteiger partial charge >= 0.3 is 0 Å². The smallest absolute Gasteiger partial charge is 0.0110 e. The third-order valence-electron chi connectivity index (χ3n) is 3.07. The summed E-state index contributed by atoms with van der Waals surface area (Å²) in [6, 6.07) is 0. The zero-order chi connectivity index (χ0) is 11.1. The second-order valence-corrected chi connectivity index (χ2v) is 4.87. The van der Waals surface area contributed by atoms with Gasteiger partial charge in [0, 0.05) is 39.3 Å². The Balaban J connectivity index is 1.99. The first-order valence-corrected chi connectivity index (χ1v) is 6.37. The summed E-state index contributed by atoms with van der Waals surface area (Å²) in [4.78, 5) is 5.09. The van der Waals surface area contributed by atoms with Gasteiger partial charge in [-0.15, -0.1) is 0 Å². The molecule has 15 heavy (non-hydrogen) atoms. The molecular weight excluding hydrogens is 186 g/mol. The predicted octanol–water partition coefficient (Wildman–Crippen LogP) is 0.869. The van der Waals surface area contributed by atoms with Crippen LogP contribution in [0.2, 0.25) is 0 Å². The van der Waals surface area contributed by atoms with Gasteiger partial charge in [-0.1, -0.05) is 20.8 Å². The Labute approximate surface area is 94.8 Å². The summed E-state index contributed by atoms with van der Waals surface area (Å²) in [6.45, 7) is 16.5. The molecule has 90 valence electrons. The molecule has 0 radical (unpaired) electrons. The lowest BCUT2D eigenvalue weighted by Gasteiger charge is -2.34. The van der Waals surface area contributed by atoms with Gasteiger partial charge in [-0.2, -0.15) is 0 Å². The molecule has 0 saturated carbocycles. The van der Waals surface area contributed by atoms with Crippen molar-refractivity contribution >= 4 is 0 Å². The van der Waals surface area contributed by atoms with Crippen LogP contribution in [0.4, 0.5) is 0 Å². The summed E-state index contributed by atoms with van der Waals surface area (Å²) in [7, 11) is 0. The fourth-order valence-corrected chi connectivity index (χ4v) is 1.96. The summed E-state index contributed by atoms with van der Waals surface area (Å²) in [5, 5.41) is 3.50. The van der Waals surface area contributed by atoms with Crippen LogP contribution >= 0.6 is 0 Å². The molecule has 1 N–H and O–H groups in total. The van der Waals surface area contributed by atoms with E-state index in [0.29, 0.717) is 0 Å². The topological polar surface area (TPSA) is 18.5 Å². The molecule has 0 unspecified atom stereocenters. The SMILES string of the molecule is CCN1CCN(CCNCC(C)C)CC1. The zero-order valence-electron chi connectivity index (χ0n) is 10.6. The Morgan fingerprint density at radius 3 is 2.20 bits per heavy atom. The van der Waals surface area contributed by atoms with E-state index >= 15 is 0 Å². The molecular formula is C12H27N3. The van der Waals surface area contributed by atoms with E-state index in [4.69, 9.17) is 0 Å². The Morgan fingerprint density at radius 2 is 1.67 bits per heavy atom. The standard InChI is InChI=1S/C12H27N3/c1-4-14-7-9-15(10-8-14)6-5-13-11-12(2)3/h12-13H,4-11H2,1-3H3. The highest BCUT2D eigenvalue weighted by atomic mass is 15.3. The van der Waals surface area contributed by atoms with Crippen LogP contribution in [0.15, 0.2) is 0 Å². The van der Waals surface area contributed by atoms with Crippen LogP contribution < -0.4 is 5.32 Å². The third-order valence-corrected chi connectivity index (χ3v) is 3.07. The molecule has 1 aliphatic rings. The Bertz CT molecular complexity index is 151. The van der Waals surface area contributed by atoms with Crippen molar-refractivity contribution in [3.05, 3.63) is 0 Å². The van der Waals surface area contributed by atoms with Crippen LogP contribution in [0.3, 0.4) is 0 Å². The van der Waals surface area contributed by atoms with Crippen LogP contribution in [-0.4, -0.2) is 62.2 Å². The maximum Gasteiger partial charge on any atom is 0.0110 e. The number of likely N-dealkylation sites (N-methyl/N-ethyl adjacent to an activating group) is 1. The van der Waals surface area contributed by atoms with Crippen molar-refractivity contribution in [2.24, 2.45) is 5.92 Å². The number of nitrogens with one attached hydrogen (secondary N) is 1. The second-order valence-electron chi connectivity index (χ2n) is 4.87.